The Morgan fingerprint density at radius 1 is 0.559 bits per heavy atom. The molecule has 0 spiro atoms. The molecule has 0 atom stereocenters. The van der Waals surface area contributed by atoms with Crippen molar-refractivity contribution in [3.8, 4) is 0 Å². The molecule has 4 aromatic carbocycles. The van der Waals surface area contributed by atoms with Crippen molar-refractivity contribution in [3.63, 3.8) is 0 Å². The highest BCUT2D eigenvalue weighted by Gasteiger charge is 2.43. The van der Waals surface area contributed by atoms with Gasteiger partial charge in [-0.1, -0.05) is 89.1 Å². The molecule has 13 nitrogen and oxygen atoms in total. The number of unbranched alkanes of at least 4 members (excludes halogenated alkanes) is 4. The van der Waals surface area contributed by atoms with E-state index in [1.165, 1.54) is 24.3 Å². The molecule has 2 heterocycles. The van der Waals surface area contributed by atoms with Gasteiger partial charge in [0.05, 0.1) is 9.79 Å². The molecule has 0 saturated heterocycles. The number of hydrogen-bond acceptors (Lipinski definition) is 8. The summed E-state index contributed by atoms with van der Waals surface area (Å²) in [6, 6.07) is 29.6. The molecular weight excluding hydrogens is 903 g/mol. The van der Waals surface area contributed by atoms with Crippen LogP contribution < -0.4 is 14.4 Å². The summed E-state index contributed by atoms with van der Waals surface area (Å²) in [4.78, 5) is 26.5. The van der Waals surface area contributed by atoms with E-state index in [4.69, 9.17) is 0 Å². The summed E-state index contributed by atoms with van der Waals surface area (Å²) in [5.74, 6) is -1.69. The van der Waals surface area contributed by atoms with E-state index in [-0.39, 0.29) is 22.6 Å². The predicted molar refractivity (Wildman–Crippen MR) is 266 cm³/mol. The van der Waals surface area contributed by atoms with Crippen LogP contribution in [0.5, 0.6) is 0 Å². The fraction of sp³-hybridized carbons (Fsp3) is 0.340. The number of hydrogen-bond donors (Lipinski definition) is 4. The molecule has 1 saturated carbocycles. The number of nitrogens with zero attached hydrogens (tertiary/aromatic N) is 3. The SMILES string of the molecule is CC1(C)C(=CC=C2CCC(=CC=C3N(CCCCCC(=O)O)c4ccc(S(=O)(=O)O)cc4C3(C)C)C2=[N+](c2ccccc2)c2ccccc2)N(CCCCCC(=O)O)c2ccc(S(=O)(=O)O)cc21. The van der Waals surface area contributed by atoms with Gasteiger partial charge < -0.3 is 20.0 Å². The third-order valence-electron chi connectivity index (χ3n) is 13.3. The zero-order chi connectivity index (χ0) is 49.0. The van der Waals surface area contributed by atoms with Crippen LogP contribution in [0.3, 0.4) is 0 Å². The number of carbonyl (C=O) groups is 2. The molecule has 4 N–H and O–H groups in total. The van der Waals surface area contributed by atoms with Crippen molar-refractivity contribution >= 4 is 60.6 Å². The first kappa shape index (κ1) is 49.8. The Hall–Kier alpha value is -6.13. The van der Waals surface area contributed by atoms with Gasteiger partial charge in [0.1, 0.15) is 0 Å². The molecule has 3 aliphatic rings. The first-order valence-electron chi connectivity index (χ1n) is 23.0. The van der Waals surface area contributed by atoms with Gasteiger partial charge in [0.15, 0.2) is 0 Å². The third-order valence-corrected chi connectivity index (χ3v) is 15.0. The quantitative estimate of drug-likeness (QED) is 0.0420. The van der Waals surface area contributed by atoms with Crippen LogP contribution in [0.2, 0.25) is 0 Å². The largest absolute Gasteiger partial charge is 0.481 e. The molecule has 0 amide bonds. The summed E-state index contributed by atoms with van der Waals surface area (Å²) >= 11 is 0. The van der Waals surface area contributed by atoms with Crippen LogP contribution in [0.4, 0.5) is 22.7 Å². The maximum absolute atomic E-state index is 12.4. The molecule has 358 valence electrons. The molecule has 68 heavy (non-hydrogen) atoms. The van der Waals surface area contributed by atoms with Crippen LogP contribution >= 0.6 is 0 Å². The van der Waals surface area contributed by atoms with Crippen molar-refractivity contribution in [2.45, 2.75) is 113 Å². The average Bonchev–Trinajstić information content (AvgIpc) is 3.85. The average molecular weight is 963 g/mol. The van der Waals surface area contributed by atoms with Gasteiger partial charge in [0, 0.05) is 94.9 Å². The summed E-state index contributed by atoms with van der Waals surface area (Å²) < 4.78 is 71.8. The Morgan fingerprint density at radius 3 is 1.29 bits per heavy atom. The molecule has 2 aliphatic heterocycles. The van der Waals surface area contributed by atoms with Crippen LogP contribution in [0.25, 0.3) is 0 Å². The second kappa shape index (κ2) is 20.2. The number of allylic oxidation sites excluding steroid dienone is 8. The van der Waals surface area contributed by atoms with Crippen molar-refractivity contribution in [2.75, 3.05) is 22.9 Å². The first-order chi connectivity index (χ1) is 32.2. The van der Waals surface area contributed by atoms with E-state index >= 15 is 0 Å². The smallest absolute Gasteiger partial charge is 0.303 e. The van der Waals surface area contributed by atoms with E-state index in [2.05, 4.69) is 62.9 Å². The summed E-state index contributed by atoms with van der Waals surface area (Å²) in [7, 11) is -8.96. The van der Waals surface area contributed by atoms with E-state index in [9.17, 15) is 45.7 Å². The highest BCUT2D eigenvalue weighted by molar-refractivity contribution is 7.86. The highest BCUT2D eigenvalue weighted by atomic mass is 32.2. The van der Waals surface area contributed by atoms with Gasteiger partial charge in [0.25, 0.3) is 20.2 Å². The van der Waals surface area contributed by atoms with Gasteiger partial charge in [-0.25, -0.2) is 0 Å². The lowest BCUT2D eigenvalue weighted by atomic mass is 9.83. The number of carboxylic acid groups (broad SMARTS) is 2. The molecule has 0 radical (unpaired) electrons. The van der Waals surface area contributed by atoms with Crippen LogP contribution in [-0.4, -0.2) is 66.9 Å². The molecule has 0 bridgehead atoms. The minimum absolute atomic E-state index is 0.0745. The Kier molecular flexibility index (Phi) is 14.8. The number of para-hydroxylation sites is 2. The van der Waals surface area contributed by atoms with Gasteiger partial charge in [-0.2, -0.15) is 21.4 Å². The zero-order valence-electron chi connectivity index (χ0n) is 38.9. The molecule has 0 unspecified atom stereocenters. The van der Waals surface area contributed by atoms with Gasteiger partial charge >= 0.3 is 11.9 Å². The van der Waals surface area contributed by atoms with Crippen LogP contribution in [0.1, 0.15) is 103 Å². The van der Waals surface area contributed by atoms with E-state index in [0.29, 0.717) is 64.5 Å². The Bertz CT molecular complexity index is 2770. The lowest BCUT2D eigenvalue weighted by Crippen LogP contribution is -2.27. The second-order valence-electron chi connectivity index (χ2n) is 18.6. The Balaban J connectivity index is 1.38. The second-order valence-corrected chi connectivity index (χ2v) is 21.5. The van der Waals surface area contributed by atoms with Crippen molar-refractivity contribution < 1.29 is 45.7 Å². The van der Waals surface area contributed by atoms with E-state index in [1.54, 1.807) is 12.1 Å². The van der Waals surface area contributed by atoms with Crippen LogP contribution in [0, 0.1) is 0 Å². The summed E-state index contributed by atoms with van der Waals surface area (Å²) in [5.41, 5.74) is 8.53. The summed E-state index contributed by atoms with van der Waals surface area (Å²) in [6.07, 6.45) is 13.8. The predicted octanol–water partition coefficient (Wildman–Crippen LogP) is 10.8. The van der Waals surface area contributed by atoms with Crippen molar-refractivity contribution in [3.05, 3.63) is 155 Å². The number of fused-ring (bicyclic) bond motifs is 2. The number of carboxylic acids is 2. The standard InChI is InChI=1S/C53H59N3O10S2/c1-52(2)43-35-41(67(61,62)63)27-29-45(43)54(33-15-7-13-21-49(57)58)47(52)31-25-37-23-24-38(51(37)56(39-17-9-5-10-18-39)40-19-11-6-12-20-40)26-32-48-53(3,4)44-36-42(68(64,65)66)28-30-46(44)55(48)34-16-8-14-22-50(59)60/h5-6,9-12,17-20,25-32,35-36H,7-8,13-16,21-24,33-34H2,1-4H3,(H3-,57,58,59,60,61,62,63,64,65,66)/p+1. The van der Waals surface area contributed by atoms with Crippen LogP contribution in [0.15, 0.2) is 154 Å². The first-order valence-corrected chi connectivity index (χ1v) is 25.9. The molecule has 7 rings (SSSR count). The third kappa shape index (κ3) is 10.8. The Labute approximate surface area is 399 Å². The van der Waals surface area contributed by atoms with Gasteiger partial charge in [-0.3, -0.25) is 18.7 Å². The fourth-order valence-corrected chi connectivity index (χ4v) is 10.8. The fourth-order valence-electron chi connectivity index (χ4n) is 9.80. The van der Waals surface area contributed by atoms with Crippen molar-refractivity contribution in [2.24, 2.45) is 0 Å². The number of aliphatic carboxylic acids is 2. The van der Waals surface area contributed by atoms with E-state index in [1.807, 2.05) is 64.1 Å². The summed E-state index contributed by atoms with van der Waals surface area (Å²) in [5, 5.41) is 18.5. The molecule has 4 aromatic rings. The van der Waals surface area contributed by atoms with Crippen molar-refractivity contribution in [1.29, 1.82) is 0 Å². The number of benzene rings is 4. The molecule has 1 aliphatic carbocycles. The maximum atomic E-state index is 12.4. The topological polar surface area (TPSA) is 193 Å². The van der Waals surface area contributed by atoms with E-state index < -0.39 is 43.0 Å². The lowest BCUT2D eigenvalue weighted by molar-refractivity contribution is -0.138. The normalized spacial score (nSPS) is 18.8. The van der Waals surface area contributed by atoms with E-state index in [0.717, 1.165) is 62.1 Å². The molecule has 15 heteroatoms. The van der Waals surface area contributed by atoms with Gasteiger partial charge in [-0.15, -0.1) is 0 Å². The molecule has 0 aromatic heterocycles. The van der Waals surface area contributed by atoms with Crippen LogP contribution in [-0.2, 0) is 40.7 Å². The minimum Gasteiger partial charge on any atom is -0.481 e. The monoisotopic (exact) mass is 962 g/mol. The van der Waals surface area contributed by atoms with Gasteiger partial charge in [-0.05, 0) is 98.2 Å². The highest BCUT2D eigenvalue weighted by Crippen LogP contribution is 2.50. The minimum atomic E-state index is -4.48. The number of rotatable bonds is 18. The van der Waals surface area contributed by atoms with Crippen molar-refractivity contribution in [1.82, 2.24) is 4.58 Å². The summed E-state index contributed by atoms with van der Waals surface area (Å²) in [6.45, 7) is 9.25. The maximum Gasteiger partial charge on any atom is 0.303 e. The zero-order valence-corrected chi connectivity index (χ0v) is 40.6. The molecular formula is C53H60N3O10S2+. The Morgan fingerprint density at radius 2 is 0.941 bits per heavy atom. The number of anilines is 2. The lowest BCUT2D eigenvalue weighted by Gasteiger charge is -2.27. The van der Waals surface area contributed by atoms with Gasteiger partial charge in [0.2, 0.25) is 17.1 Å². The molecule has 1 fully saturated rings.